The number of amides is 1. The number of carboxylic acid groups (broad SMARTS) is 1. The fourth-order valence-electron chi connectivity index (χ4n) is 2.29. The minimum absolute atomic E-state index is 0.0507. The van der Waals surface area contributed by atoms with E-state index in [4.69, 9.17) is 5.11 Å². The van der Waals surface area contributed by atoms with E-state index in [0.29, 0.717) is 18.5 Å². The number of carbonyl (C=O) groups is 2. The van der Waals surface area contributed by atoms with Crippen LogP contribution in [0.3, 0.4) is 0 Å². The summed E-state index contributed by atoms with van der Waals surface area (Å²) in [6, 6.07) is 6.88. The molecule has 19 heavy (non-hydrogen) atoms. The number of hydrogen-bond acceptors (Lipinski definition) is 3. The van der Waals surface area contributed by atoms with Gasteiger partial charge < -0.3 is 15.7 Å². The van der Waals surface area contributed by atoms with Gasteiger partial charge in [-0.15, -0.1) is 0 Å². The molecule has 0 aromatic heterocycles. The number of rotatable bonds is 5. The van der Waals surface area contributed by atoms with Crippen molar-refractivity contribution in [2.45, 2.75) is 12.8 Å². The fourth-order valence-corrected chi connectivity index (χ4v) is 2.29. The van der Waals surface area contributed by atoms with E-state index in [2.05, 4.69) is 10.6 Å². The van der Waals surface area contributed by atoms with Crippen molar-refractivity contribution in [1.29, 1.82) is 0 Å². The van der Waals surface area contributed by atoms with Crippen molar-refractivity contribution in [3.63, 3.8) is 0 Å². The van der Waals surface area contributed by atoms with Crippen LogP contribution in [0.5, 0.6) is 0 Å². The molecule has 102 valence electrons. The van der Waals surface area contributed by atoms with Crippen LogP contribution in [0.2, 0.25) is 0 Å². The Labute approximate surface area is 112 Å². The molecule has 1 aromatic rings. The molecule has 2 rings (SSSR count). The van der Waals surface area contributed by atoms with Crippen molar-refractivity contribution in [2.75, 3.05) is 19.6 Å². The highest BCUT2D eigenvalue weighted by molar-refractivity contribution is 5.89. The normalized spacial score (nSPS) is 18.2. The van der Waals surface area contributed by atoms with Crippen LogP contribution in [0.15, 0.2) is 24.3 Å². The molecule has 1 saturated heterocycles. The Hall–Kier alpha value is -1.88. The Morgan fingerprint density at radius 3 is 2.84 bits per heavy atom. The molecule has 0 spiro atoms. The lowest BCUT2D eigenvalue weighted by molar-refractivity contribution is -0.124. The second-order valence-corrected chi connectivity index (χ2v) is 4.69. The van der Waals surface area contributed by atoms with Crippen LogP contribution >= 0.6 is 0 Å². The topological polar surface area (TPSA) is 78.4 Å². The molecular weight excluding hydrogens is 244 g/mol. The van der Waals surface area contributed by atoms with Gasteiger partial charge in [-0.05, 0) is 31.0 Å². The van der Waals surface area contributed by atoms with Gasteiger partial charge in [-0.1, -0.05) is 18.2 Å². The zero-order valence-electron chi connectivity index (χ0n) is 10.7. The van der Waals surface area contributed by atoms with E-state index < -0.39 is 5.97 Å². The molecule has 0 bridgehead atoms. The molecule has 1 aliphatic heterocycles. The Morgan fingerprint density at radius 1 is 1.37 bits per heavy atom. The summed E-state index contributed by atoms with van der Waals surface area (Å²) in [6.45, 7) is 2.09. The van der Waals surface area contributed by atoms with Crippen LogP contribution in [0.1, 0.15) is 22.3 Å². The predicted octanol–water partition coefficient (Wildman–Crippen LogP) is 0.653. The Morgan fingerprint density at radius 2 is 2.16 bits per heavy atom. The Kier molecular flexibility index (Phi) is 4.52. The monoisotopic (exact) mass is 262 g/mol. The lowest BCUT2D eigenvalue weighted by Gasteiger charge is -2.10. The summed E-state index contributed by atoms with van der Waals surface area (Å²) < 4.78 is 0. The van der Waals surface area contributed by atoms with E-state index in [1.54, 1.807) is 18.2 Å². The second kappa shape index (κ2) is 6.33. The highest BCUT2D eigenvalue weighted by atomic mass is 16.4. The maximum absolute atomic E-state index is 11.8. The summed E-state index contributed by atoms with van der Waals surface area (Å²) in [5, 5.41) is 15.1. The first-order valence-corrected chi connectivity index (χ1v) is 6.48. The summed E-state index contributed by atoms with van der Waals surface area (Å²) in [7, 11) is 0. The van der Waals surface area contributed by atoms with Crippen LogP contribution in [0.25, 0.3) is 0 Å². The van der Waals surface area contributed by atoms with Crippen LogP contribution < -0.4 is 10.6 Å². The zero-order valence-corrected chi connectivity index (χ0v) is 10.7. The van der Waals surface area contributed by atoms with Gasteiger partial charge in [0.05, 0.1) is 11.5 Å². The van der Waals surface area contributed by atoms with Crippen molar-refractivity contribution in [3.8, 4) is 0 Å². The standard InChI is InChI=1S/C14H18N2O3/c17-13(11-5-7-15-9-11)16-8-6-10-3-1-2-4-12(10)14(18)19/h1-4,11,15H,5-9H2,(H,16,17)(H,18,19). The molecule has 0 aliphatic carbocycles. The van der Waals surface area contributed by atoms with Crippen molar-refractivity contribution in [3.05, 3.63) is 35.4 Å². The number of hydrogen-bond donors (Lipinski definition) is 3. The number of aromatic carboxylic acids is 1. The maximum Gasteiger partial charge on any atom is 0.335 e. The third kappa shape index (κ3) is 3.54. The second-order valence-electron chi connectivity index (χ2n) is 4.69. The van der Waals surface area contributed by atoms with E-state index in [0.717, 1.165) is 25.1 Å². The van der Waals surface area contributed by atoms with E-state index in [9.17, 15) is 9.59 Å². The average molecular weight is 262 g/mol. The smallest absolute Gasteiger partial charge is 0.335 e. The maximum atomic E-state index is 11.8. The van der Waals surface area contributed by atoms with Gasteiger partial charge in [-0.2, -0.15) is 0 Å². The van der Waals surface area contributed by atoms with Crippen molar-refractivity contribution < 1.29 is 14.7 Å². The largest absolute Gasteiger partial charge is 0.478 e. The summed E-state index contributed by atoms with van der Waals surface area (Å²) in [5.74, 6) is -0.825. The van der Waals surface area contributed by atoms with Crippen molar-refractivity contribution in [1.82, 2.24) is 10.6 Å². The quantitative estimate of drug-likeness (QED) is 0.728. The van der Waals surface area contributed by atoms with Gasteiger partial charge in [0.2, 0.25) is 5.91 Å². The van der Waals surface area contributed by atoms with Gasteiger partial charge in [-0.25, -0.2) is 4.79 Å². The first-order chi connectivity index (χ1) is 9.18. The summed E-state index contributed by atoms with van der Waals surface area (Å²) in [5.41, 5.74) is 1.05. The summed E-state index contributed by atoms with van der Waals surface area (Å²) in [6.07, 6.45) is 1.41. The lowest BCUT2D eigenvalue weighted by atomic mass is 10.0. The van der Waals surface area contributed by atoms with Gasteiger partial charge in [-0.3, -0.25) is 4.79 Å². The third-order valence-corrected chi connectivity index (χ3v) is 3.37. The minimum Gasteiger partial charge on any atom is -0.478 e. The van der Waals surface area contributed by atoms with Crippen molar-refractivity contribution >= 4 is 11.9 Å². The molecule has 1 heterocycles. The number of carbonyl (C=O) groups excluding carboxylic acids is 1. The van der Waals surface area contributed by atoms with E-state index in [1.165, 1.54) is 0 Å². The van der Waals surface area contributed by atoms with Gasteiger partial charge >= 0.3 is 5.97 Å². The number of nitrogens with one attached hydrogen (secondary N) is 2. The van der Waals surface area contributed by atoms with Gasteiger partial charge in [0.25, 0.3) is 0 Å². The van der Waals surface area contributed by atoms with E-state index >= 15 is 0 Å². The molecule has 1 fully saturated rings. The molecule has 5 nitrogen and oxygen atoms in total. The SMILES string of the molecule is O=C(O)c1ccccc1CCNC(=O)C1CCNC1. The molecule has 3 N–H and O–H groups in total. The molecule has 1 aliphatic rings. The summed E-state index contributed by atoms with van der Waals surface area (Å²) in [4.78, 5) is 22.8. The van der Waals surface area contributed by atoms with E-state index in [1.807, 2.05) is 6.07 Å². The number of benzene rings is 1. The lowest BCUT2D eigenvalue weighted by Crippen LogP contribution is -2.33. The zero-order chi connectivity index (χ0) is 13.7. The fraction of sp³-hybridized carbons (Fsp3) is 0.429. The molecule has 1 amide bonds. The first kappa shape index (κ1) is 13.5. The third-order valence-electron chi connectivity index (χ3n) is 3.37. The average Bonchev–Trinajstić information content (AvgIpc) is 2.93. The van der Waals surface area contributed by atoms with Crippen LogP contribution in [-0.2, 0) is 11.2 Å². The molecule has 1 unspecified atom stereocenters. The van der Waals surface area contributed by atoms with Crippen LogP contribution in [0, 0.1) is 5.92 Å². The summed E-state index contributed by atoms with van der Waals surface area (Å²) >= 11 is 0. The predicted molar refractivity (Wildman–Crippen MR) is 71.1 cm³/mol. The molecule has 1 aromatic carbocycles. The molecule has 1 atom stereocenters. The van der Waals surface area contributed by atoms with Crippen LogP contribution in [-0.4, -0.2) is 36.6 Å². The van der Waals surface area contributed by atoms with Crippen LogP contribution in [0.4, 0.5) is 0 Å². The Balaban J connectivity index is 1.85. The van der Waals surface area contributed by atoms with Crippen molar-refractivity contribution in [2.24, 2.45) is 5.92 Å². The molecular formula is C14H18N2O3. The molecule has 5 heteroatoms. The van der Waals surface area contributed by atoms with Gasteiger partial charge in [0.15, 0.2) is 0 Å². The first-order valence-electron chi connectivity index (χ1n) is 6.48. The minimum atomic E-state index is -0.929. The van der Waals surface area contributed by atoms with Gasteiger partial charge in [0, 0.05) is 13.1 Å². The highest BCUT2D eigenvalue weighted by Crippen LogP contribution is 2.10. The molecule has 0 saturated carbocycles. The van der Waals surface area contributed by atoms with E-state index in [-0.39, 0.29) is 11.8 Å². The Bertz CT molecular complexity index is 468. The molecule has 0 radical (unpaired) electrons. The number of carboxylic acids is 1. The highest BCUT2D eigenvalue weighted by Gasteiger charge is 2.21. The van der Waals surface area contributed by atoms with Gasteiger partial charge in [0.1, 0.15) is 0 Å².